The highest BCUT2D eigenvalue weighted by Crippen LogP contribution is 2.38. The molecule has 0 aliphatic rings. The van der Waals surface area contributed by atoms with Crippen molar-refractivity contribution in [2.24, 2.45) is 0 Å². The molecule has 0 saturated heterocycles. The molecule has 33 heavy (non-hydrogen) atoms. The Labute approximate surface area is 196 Å². The van der Waals surface area contributed by atoms with Gasteiger partial charge in [-0.2, -0.15) is 0 Å². The number of thiocarbonyl (C=S) groups is 1. The summed E-state index contributed by atoms with van der Waals surface area (Å²) < 4.78 is 21.0. The van der Waals surface area contributed by atoms with Crippen molar-refractivity contribution in [1.29, 1.82) is 0 Å². The van der Waals surface area contributed by atoms with E-state index in [1.165, 1.54) is 33.5 Å². The number of hydrogen-bond acceptors (Lipinski definition) is 7. The van der Waals surface area contributed by atoms with Crippen LogP contribution in [0.25, 0.3) is 0 Å². The Morgan fingerprint density at radius 3 is 2.12 bits per heavy atom. The van der Waals surface area contributed by atoms with E-state index in [4.69, 9.17) is 30.8 Å². The van der Waals surface area contributed by atoms with Gasteiger partial charge in [0.2, 0.25) is 5.75 Å². The maximum absolute atomic E-state index is 12.6. The van der Waals surface area contributed by atoms with Crippen LogP contribution < -0.4 is 30.2 Å². The van der Waals surface area contributed by atoms with Crippen LogP contribution in [0.2, 0.25) is 0 Å². The molecular weight excluding hydrogens is 446 g/mol. The molecule has 2 amide bonds. The Bertz CT molecular complexity index is 1100. The van der Waals surface area contributed by atoms with Crippen LogP contribution in [0.15, 0.2) is 59.2 Å². The number of furan rings is 1. The van der Waals surface area contributed by atoms with Crippen LogP contribution in [-0.4, -0.2) is 38.3 Å². The molecule has 0 unspecified atom stereocenters. The maximum atomic E-state index is 12.6. The van der Waals surface area contributed by atoms with Crippen molar-refractivity contribution in [3.8, 4) is 17.2 Å². The van der Waals surface area contributed by atoms with Gasteiger partial charge in [0, 0.05) is 16.8 Å². The van der Waals surface area contributed by atoms with Gasteiger partial charge in [0.25, 0.3) is 11.8 Å². The minimum Gasteiger partial charge on any atom is -0.493 e. The summed E-state index contributed by atoms with van der Waals surface area (Å²) in [7, 11) is 4.41. The molecule has 1 aromatic heterocycles. The molecule has 3 aromatic rings. The van der Waals surface area contributed by atoms with E-state index >= 15 is 0 Å². The highest BCUT2D eigenvalue weighted by molar-refractivity contribution is 7.80. The lowest BCUT2D eigenvalue weighted by atomic mass is 10.1. The largest absolute Gasteiger partial charge is 0.493 e. The molecule has 0 radical (unpaired) electrons. The first-order valence-electron chi connectivity index (χ1n) is 9.78. The van der Waals surface area contributed by atoms with Gasteiger partial charge in [0.05, 0.1) is 34.1 Å². The Balaban J connectivity index is 1.59. The Morgan fingerprint density at radius 1 is 0.909 bits per heavy atom. The van der Waals surface area contributed by atoms with Crippen LogP contribution in [0.3, 0.4) is 0 Å². The van der Waals surface area contributed by atoms with Gasteiger partial charge >= 0.3 is 0 Å². The highest BCUT2D eigenvalue weighted by Gasteiger charge is 2.17. The van der Waals surface area contributed by atoms with E-state index < -0.39 is 5.91 Å². The van der Waals surface area contributed by atoms with E-state index in [1.807, 2.05) is 0 Å². The summed E-state index contributed by atoms with van der Waals surface area (Å²) in [6, 6.07) is 13.2. The van der Waals surface area contributed by atoms with Crippen LogP contribution >= 0.6 is 12.2 Å². The molecule has 172 valence electrons. The number of hydrogen-bond donors (Lipinski definition) is 3. The van der Waals surface area contributed by atoms with Crippen molar-refractivity contribution in [2.75, 3.05) is 26.6 Å². The third-order valence-corrected chi connectivity index (χ3v) is 4.77. The zero-order valence-electron chi connectivity index (χ0n) is 18.3. The minimum absolute atomic E-state index is 0.0868. The molecular formula is C23H23N3O6S. The zero-order valence-corrected chi connectivity index (χ0v) is 19.1. The summed E-state index contributed by atoms with van der Waals surface area (Å²) in [6.45, 7) is 0.295. The van der Waals surface area contributed by atoms with Gasteiger partial charge < -0.3 is 29.3 Å². The van der Waals surface area contributed by atoms with Gasteiger partial charge in [0.15, 0.2) is 16.6 Å². The van der Waals surface area contributed by atoms with E-state index in [0.29, 0.717) is 40.8 Å². The number of nitrogens with one attached hydrogen (secondary N) is 3. The minimum atomic E-state index is -0.458. The fourth-order valence-electron chi connectivity index (χ4n) is 2.94. The third kappa shape index (κ3) is 6.01. The summed E-state index contributed by atoms with van der Waals surface area (Å²) in [6.07, 6.45) is 1.55. The van der Waals surface area contributed by atoms with Gasteiger partial charge in [-0.1, -0.05) is 0 Å². The number of amides is 2. The predicted molar refractivity (Wildman–Crippen MR) is 126 cm³/mol. The Kier molecular flexibility index (Phi) is 7.87. The second-order valence-electron chi connectivity index (χ2n) is 6.66. The van der Waals surface area contributed by atoms with E-state index in [2.05, 4.69) is 16.0 Å². The number of benzene rings is 2. The molecule has 10 heteroatoms. The van der Waals surface area contributed by atoms with Crippen molar-refractivity contribution in [3.05, 3.63) is 71.7 Å². The average Bonchev–Trinajstić information content (AvgIpc) is 3.35. The summed E-state index contributed by atoms with van der Waals surface area (Å²) in [5, 5.41) is 8.36. The summed E-state index contributed by atoms with van der Waals surface area (Å²) in [5.41, 5.74) is 1.35. The van der Waals surface area contributed by atoms with Gasteiger partial charge in [0.1, 0.15) is 5.76 Å². The van der Waals surface area contributed by atoms with Crippen LogP contribution in [-0.2, 0) is 6.54 Å². The van der Waals surface area contributed by atoms with Crippen molar-refractivity contribution in [1.82, 2.24) is 10.6 Å². The average molecular weight is 470 g/mol. The zero-order chi connectivity index (χ0) is 23.8. The first kappa shape index (κ1) is 23.6. The smallest absolute Gasteiger partial charge is 0.257 e. The number of carbonyl (C=O) groups excluding carboxylic acids is 2. The monoisotopic (exact) mass is 469 g/mol. The Morgan fingerprint density at radius 2 is 1.58 bits per heavy atom. The summed E-state index contributed by atoms with van der Waals surface area (Å²) >= 11 is 5.24. The lowest BCUT2D eigenvalue weighted by Crippen LogP contribution is -2.34. The molecule has 9 nitrogen and oxygen atoms in total. The summed E-state index contributed by atoms with van der Waals surface area (Å²) in [5.74, 6) is 1.04. The molecule has 1 heterocycles. The molecule has 3 N–H and O–H groups in total. The molecule has 0 atom stereocenters. The fourth-order valence-corrected chi connectivity index (χ4v) is 3.15. The van der Waals surface area contributed by atoms with Crippen molar-refractivity contribution >= 4 is 34.8 Å². The van der Waals surface area contributed by atoms with Crippen LogP contribution in [0, 0.1) is 0 Å². The first-order valence-corrected chi connectivity index (χ1v) is 10.2. The second-order valence-corrected chi connectivity index (χ2v) is 7.07. The molecule has 0 spiro atoms. The van der Waals surface area contributed by atoms with Gasteiger partial charge in [-0.25, -0.2) is 0 Å². The quantitative estimate of drug-likeness (QED) is 0.431. The molecule has 0 fully saturated rings. The van der Waals surface area contributed by atoms with Crippen molar-refractivity contribution < 1.29 is 28.2 Å². The van der Waals surface area contributed by atoms with Crippen LogP contribution in [0.4, 0.5) is 5.69 Å². The summed E-state index contributed by atoms with van der Waals surface area (Å²) in [4.78, 5) is 24.9. The van der Waals surface area contributed by atoms with Gasteiger partial charge in [-0.3, -0.25) is 14.9 Å². The van der Waals surface area contributed by atoms with Crippen LogP contribution in [0.5, 0.6) is 17.2 Å². The van der Waals surface area contributed by atoms with E-state index in [9.17, 15) is 9.59 Å². The number of carbonyl (C=O) groups is 2. The topological polar surface area (TPSA) is 111 Å². The lowest BCUT2D eigenvalue weighted by molar-refractivity contribution is 0.0946. The number of anilines is 1. The normalized spacial score (nSPS) is 10.2. The fraction of sp³-hybridized carbons (Fsp3) is 0.174. The molecule has 0 aliphatic carbocycles. The standard InChI is InChI=1S/C23H23N3O6S/c1-29-18-11-15(12-19(30-2)20(18)31-3)22(28)26-23(33)25-16-8-6-14(7-9-16)21(27)24-13-17-5-4-10-32-17/h4-12H,13H2,1-3H3,(H,24,27)(H2,25,26,28,33). The van der Waals surface area contributed by atoms with Gasteiger partial charge in [-0.05, 0) is 60.7 Å². The number of ether oxygens (including phenoxy) is 3. The maximum Gasteiger partial charge on any atom is 0.257 e. The second kappa shape index (κ2) is 11.0. The number of methoxy groups -OCH3 is 3. The van der Waals surface area contributed by atoms with E-state index in [-0.39, 0.29) is 16.6 Å². The Hall–Kier alpha value is -4.05. The van der Waals surface area contributed by atoms with Crippen molar-refractivity contribution in [3.63, 3.8) is 0 Å². The highest BCUT2D eigenvalue weighted by atomic mass is 32.1. The lowest BCUT2D eigenvalue weighted by Gasteiger charge is -2.14. The molecule has 0 aliphatic heterocycles. The molecule has 3 rings (SSSR count). The van der Waals surface area contributed by atoms with E-state index in [1.54, 1.807) is 42.7 Å². The molecule has 2 aromatic carbocycles. The third-order valence-electron chi connectivity index (χ3n) is 4.56. The van der Waals surface area contributed by atoms with E-state index in [0.717, 1.165) is 0 Å². The molecule has 0 bridgehead atoms. The SMILES string of the molecule is COc1cc(C(=O)NC(=S)Nc2ccc(C(=O)NCc3ccco3)cc2)cc(OC)c1OC. The van der Waals surface area contributed by atoms with Crippen molar-refractivity contribution in [2.45, 2.75) is 6.54 Å². The van der Waals surface area contributed by atoms with Gasteiger partial charge in [-0.15, -0.1) is 0 Å². The first-order chi connectivity index (χ1) is 15.9. The number of rotatable bonds is 8. The molecule has 0 saturated carbocycles. The van der Waals surface area contributed by atoms with Crippen LogP contribution in [0.1, 0.15) is 26.5 Å². The predicted octanol–water partition coefficient (Wildman–Crippen LogP) is 3.36.